The summed E-state index contributed by atoms with van der Waals surface area (Å²) >= 11 is 17.8. The molecule has 1 amide bonds. The molecular weight excluding hydrogens is 395 g/mol. The van der Waals surface area contributed by atoms with Crippen LogP contribution >= 0.6 is 34.8 Å². The minimum atomic E-state index is -0.412. The highest BCUT2D eigenvalue weighted by molar-refractivity contribution is 6.35. The summed E-state index contributed by atoms with van der Waals surface area (Å²) in [5.41, 5.74) is 5.53. The molecule has 0 radical (unpaired) electrons. The fourth-order valence-electron chi connectivity index (χ4n) is 2.23. The summed E-state index contributed by atoms with van der Waals surface area (Å²) in [6.07, 6.45) is 0. The van der Waals surface area contributed by atoms with Crippen molar-refractivity contribution in [3.8, 4) is 11.3 Å². The maximum Gasteiger partial charge on any atom is 0.289 e. The van der Waals surface area contributed by atoms with Crippen molar-refractivity contribution in [1.82, 2.24) is 15.6 Å². The molecule has 0 aliphatic rings. The number of nitrogens with one attached hydrogen (secondary N) is 2. The minimum absolute atomic E-state index is 0.288. The maximum atomic E-state index is 12.3. The van der Waals surface area contributed by atoms with Crippen LogP contribution in [0, 0.1) is 0 Å². The molecule has 0 aliphatic heterocycles. The Bertz CT molecular complexity index is 960. The van der Waals surface area contributed by atoms with E-state index in [9.17, 15) is 4.79 Å². The minimum Gasteiger partial charge on any atom is -0.272 e. The van der Waals surface area contributed by atoms with Gasteiger partial charge in [-0.15, -0.1) is 0 Å². The number of H-pyrrole nitrogens is 1. The molecule has 3 aromatic rings. The molecule has 0 fully saturated rings. The van der Waals surface area contributed by atoms with Gasteiger partial charge in [-0.05, 0) is 43.3 Å². The summed E-state index contributed by atoms with van der Waals surface area (Å²) < 4.78 is 0. The number of amides is 1. The van der Waals surface area contributed by atoms with Gasteiger partial charge in [-0.1, -0.05) is 46.9 Å². The fraction of sp³-hybridized carbons (Fsp3) is 0.0556. The van der Waals surface area contributed by atoms with Crippen LogP contribution in [0.4, 0.5) is 0 Å². The van der Waals surface area contributed by atoms with Gasteiger partial charge in [0.1, 0.15) is 5.69 Å². The Morgan fingerprint density at radius 3 is 2.31 bits per heavy atom. The summed E-state index contributed by atoms with van der Waals surface area (Å²) in [5, 5.41) is 12.5. The number of nitrogens with zero attached hydrogens (tertiary/aromatic N) is 2. The van der Waals surface area contributed by atoms with Crippen molar-refractivity contribution in [2.24, 2.45) is 5.10 Å². The van der Waals surface area contributed by atoms with Crippen molar-refractivity contribution in [1.29, 1.82) is 0 Å². The number of hydrogen-bond acceptors (Lipinski definition) is 3. The van der Waals surface area contributed by atoms with E-state index >= 15 is 0 Å². The molecule has 0 bridgehead atoms. The van der Waals surface area contributed by atoms with Crippen LogP contribution in [-0.2, 0) is 0 Å². The Hall–Kier alpha value is -2.34. The number of halogens is 3. The molecule has 0 spiro atoms. The first-order valence-electron chi connectivity index (χ1n) is 7.55. The molecule has 0 atom stereocenters. The Morgan fingerprint density at radius 2 is 1.65 bits per heavy atom. The molecule has 0 saturated heterocycles. The number of hydrazone groups is 1. The van der Waals surface area contributed by atoms with Crippen molar-refractivity contribution >= 4 is 46.4 Å². The third-order valence-electron chi connectivity index (χ3n) is 3.57. The van der Waals surface area contributed by atoms with Crippen LogP contribution < -0.4 is 5.43 Å². The third kappa shape index (κ3) is 4.43. The first-order chi connectivity index (χ1) is 12.4. The highest BCUT2D eigenvalue weighted by atomic mass is 35.5. The van der Waals surface area contributed by atoms with Crippen molar-refractivity contribution in [2.45, 2.75) is 6.92 Å². The lowest BCUT2D eigenvalue weighted by atomic mass is 10.1. The van der Waals surface area contributed by atoms with E-state index in [2.05, 4.69) is 20.7 Å². The summed E-state index contributed by atoms with van der Waals surface area (Å²) in [4.78, 5) is 12.3. The van der Waals surface area contributed by atoms with E-state index in [4.69, 9.17) is 34.8 Å². The monoisotopic (exact) mass is 406 g/mol. The van der Waals surface area contributed by atoms with Crippen LogP contribution in [0.1, 0.15) is 23.0 Å². The summed E-state index contributed by atoms with van der Waals surface area (Å²) in [5.74, 6) is -0.412. The van der Waals surface area contributed by atoms with E-state index in [-0.39, 0.29) is 5.69 Å². The number of rotatable bonds is 4. The second-order valence-corrected chi connectivity index (χ2v) is 6.78. The zero-order valence-corrected chi connectivity index (χ0v) is 15.8. The molecule has 132 valence electrons. The van der Waals surface area contributed by atoms with Crippen molar-refractivity contribution < 1.29 is 4.79 Å². The normalized spacial score (nSPS) is 11.5. The van der Waals surface area contributed by atoms with E-state index < -0.39 is 5.91 Å². The first-order valence-corrected chi connectivity index (χ1v) is 8.68. The van der Waals surface area contributed by atoms with Gasteiger partial charge < -0.3 is 0 Å². The van der Waals surface area contributed by atoms with Gasteiger partial charge in [0.25, 0.3) is 5.91 Å². The summed E-state index contributed by atoms with van der Waals surface area (Å²) in [6, 6.07) is 13.9. The van der Waals surface area contributed by atoms with E-state index in [0.717, 1.165) is 5.56 Å². The predicted octanol–water partition coefficient (Wildman–Crippen LogP) is 5.19. The van der Waals surface area contributed by atoms with Crippen LogP contribution in [0.3, 0.4) is 0 Å². The van der Waals surface area contributed by atoms with Crippen LogP contribution in [0.2, 0.25) is 15.1 Å². The van der Waals surface area contributed by atoms with Crippen molar-refractivity contribution in [2.75, 3.05) is 0 Å². The van der Waals surface area contributed by atoms with Gasteiger partial charge in [-0.2, -0.15) is 10.2 Å². The fourth-order valence-corrected chi connectivity index (χ4v) is 2.88. The zero-order chi connectivity index (χ0) is 18.7. The van der Waals surface area contributed by atoms with Crippen LogP contribution in [0.5, 0.6) is 0 Å². The van der Waals surface area contributed by atoms with Gasteiger partial charge in [0.15, 0.2) is 0 Å². The second-order valence-electron chi connectivity index (χ2n) is 5.47. The van der Waals surface area contributed by atoms with Crippen molar-refractivity contribution in [3.05, 3.63) is 74.9 Å². The molecule has 1 aromatic heterocycles. The number of hydrogen-bond donors (Lipinski definition) is 2. The highest BCUT2D eigenvalue weighted by Gasteiger charge is 2.11. The number of benzene rings is 2. The number of aromatic nitrogens is 2. The second kappa shape index (κ2) is 7.91. The maximum absolute atomic E-state index is 12.3. The van der Waals surface area contributed by atoms with Crippen LogP contribution in [0.25, 0.3) is 11.3 Å². The number of aromatic amines is 1. The summed E-state index contributed by atoms with van der Waals surface area (Å²) in [6.45, 7) is 1.74. The van der Waals surface area contributed by atoms with Crippen LogP contribution in [0.15, 0.2) is 53.6 Å². The van der Waals surface area contributed by atoms with E-state index in [1.807, 2.05) is 12.1 Å². The molecule has 1 heterocycles. The lowest BCUT2D eigenvalue weighted by Crippen LogP contribution is -2.19. The van der Waals surface area contributed by atoms with Crippen molar-refractivity contribution in [3.63, 3.8) is 0 Å². The number of carbonyl (C=O) groups excluding carboxylic acids is 1. The van der Waals surface area contributed by atoms with Gasteiger partial charge >= 0.3 is 0 Å². The zero-order valence-electron chi connectivity index (χ0n) is 13.6. The van der Waals surface area contributed by atoms with E-state index in [1.165, 1.54) is 0 Å². The number of carbonyl (C=O) groups is 1. The molecule has 0 unspecified atom stereocenters. The van der Waals surface area contributed by atoms with Gasteiger partial charge in [-0.25, -0.2) is 5.43 Å². The quantitative estimate of drug-likeness (QED) is 0.461. The molecule has 2 N–H and O–H groups in total. The van der Waals surface area contributed by atoms with Gasteiger partial charge in [-0.3, -0.25) is 9.89 Å². The average molecular weight is 408 g/mol. The Kier molecular flexibility index (Phi) is 5.61. The third-order valence-corrected chi connectivity index (χ3v) is 4.26. The molecule has 5 nitrogen and oxygen atoms in total. The largest absolute Gasteiger partial charge is 0.289 e. The topological polar surface area (TPSA) is 70.1 Å². The Balaban J connectivity index is 1.73. The Labute approximate surface area is 165 Å². The van der Waals surface area contributed by atoms with Crippen LogP contribution in [-0.4, -0.2) is 21.8 Å². The molecular formula is C18H13Cl3N4O. The molecule has 26 heavy (non-hydrogen) atoms. The first kappa shape index (κ1) is 18.5. The molecule has 0 aliphatic carbocycles. The smallest absolute Gasteiger partial charge is 0.272 e. The standard InChI is InChI=1S/C18H13Cl3N4O/c1-10(12-6-14(20)8-15(21)7-12)22-25-18(26)17-9-16(23-24-17)11-2-4-13(19)5-3-11/h2-9H,1H3,(H,23,24)(H,25,26)/b22-10+. The SMILES string of the molecule is C/C(=N\NC(=O)c1cc(-c2ccc(Cl)cc2)n[nH]1)c1cc(Cl)cc(Cl)c1. The van der Waals surface area contributed by atoms with Gasteiger partial charge in [0, 0.05) is 26.2 Å². The predicted molar refractivity (Wildman–Crippen MR) is 105 cm³/mol. The lowest BCUT2D eigenvalue weighted by molar-refractivity contribution is 0.0950. The molecule has 8 heteroatoms. The van der Waals surface area contributed by atoms with Gasteiger partial charge in [0.05, 0.1) is 11.4 Å². The highest BCUT2D eigenvalue weighted by Crippen LogP contribution is 2.21. The van der Waals surface area contributed by atoms with Gasteiger partial charge in [0.2, 0.25) is 0 Å². The average Bonchev–Trinajstić information content (AvgIpc) is 3.09. The lowest BCUT2D eigenvalue weighted by Gasteiger charge is -2.03. The Morgan fingerprint density at radius 1 is 1.00 bits per heavy atom. The summed E-state index contributed by atoms with van der Waals surface area (Å²) in [7, 11) is 0. The molecule has 3 rings (SSSR count). The molecule has 0 saturated carbocycles. The van der Waals surface area contributed by atoms with E-state index in [1.54, 1.807) is 43.3 Å². The van der Waals surface area contributed by atoms with E-state index in [0.29, 0.717) is 32.0 Å². The molecule has 2 aromatic carbocycles.